The molecule has 8 nitrogen and oxygen atoms in total. The van der Waals surface area contributed by atoms with Crippen molar-refractivity contribution in [3.63, 3.8) is 0 Å². The first-order valence-corrected chi connectivity index (χ1v) is 11.4. The van der Waals surface area contributed by atoms with E-state index in [2.05, 4.69) is 30.3 Å². The highest BCUT2D eigenvalue weighted by atomic mass is 35.5. The van der Waals surface area contributed by atoms with Crippen molar-refractivity contribution < 1.29 is 17.9 Å². The Kier molecular flexibility index (Phi) is 5.97. The number of hydrogen-bond donors (Lipinski definition) is 1. The van der Waals surface area contributed by atoms with Crippen molar-refractivity contribution in [3.8, 4) is 11.8 Å². The van der Waals surface area contributed by atoms with E-state index in [1.807, 2.05) is 13.0 Å². The van der Waals surface area contributed by atoms with Crippen LogP contribution in [0.5, 0.6) is 11.8 Å². The number of benzene rings is 1. The van der Waals surface area contributed by atoms with Crippen LogP contribution in [0.25, 0.3) is 0 Å². The van der Waals surface area contributed by atoms with Gasteiger partial charge in [0, 0.05) is 30.9 Å². The highest BCUT2D eigenvalue weighted by molar-refractivity contribution is 6.32. The maximum Gasteiger partial charge on any atom is 0.408 e. The van der Waals surface area contributed by atoms with Crippen LogP contribution in [0.1, 0.15) is 18.5 Å². The zero-order valence-corrected chi connectivity index (χ0v) is 19.1. The summed E-state index contributed by atoms with van der Waals surface area (Å²) in [6, 6.07) is 8.27. The number of nitrogens with zero attached hydrogens (tertiary/aromatic N) is 6. The molecule has 1 N–H and O–H groups in total. The number of halogens is 4. The number of alkyl halides is 3. The summed E-state index contributed by atoms with van der Waals surface area (Å²) in [6.45, 7) is 2.19. The molecule has 2 aliphatic rings. The molecule has 3 atom stereocenters. The van der Waals surface area contributed by atoms with Crippen LogP contribution in [0.2, 0.25) is 5.02 Å². The second-order valence-electron chi connectivity index (χ2n) is 8.71. The molecule has 3 aromatic rings. The van der Waals surface area contributed by atoms with E-state index in [1.165, 1.54) is 0 Å². The molecule has 3 heterocycles. The first-order valence-electron chi connectivity index (χ1n) is 11.0. The molecule has 0 spiro atoms. The predicted octanol–water partition coefficient (Wildman–Crippen LogP) is 4.71. The third-order valence-corrected chi connectivity index (χ3v) is 6.56. The first kappa shape index (κ1) is 22.7. The molecule has 34 heavy (non-hydrogen) atoms. The first-order chi connectivity index (χ1) is 16.2. The topological polar surface area (TPSA) is 81.0 Å². The number of fused-ring (bicyclic) bond motifs is 2. The lowest BCUT2D eigenvalue weighted by Gasteiger charge is -2.38. The fourth-order valence-electron chi connectivity index (χ4n) is 4.77. The van der Waals surface area contributed by atoms with Gasteiger partial charge in [0.2, 0.25) is 5.95 Å². The SMILES string of the molecule is Cc1cc(N2C[C@H]3CC[C@@H](C2)C3Nc2nc(Oc3ccccc3Cl)n(CC(F)(F)F)n2)ncn1. The number of hydrogen-bond acceptors (Lipinski definition) is 7. The quantitative estimate of drug-likeness (QED) is 0.532. The zero-order valence-electron chi connectivity index (χ0n) is 18.3. The van der Waals surface area contributed by atoms with Crippen molar-refractivity contribution in [2.24, 2.45) is 11.8 Å². The summed E-state index contributed by atoms with van der Waals surface area (Å²) in [5, 5.41) is 7.63. The van der Waals surface area contributed by atoms with E-state index in [4.69, 9.17) is 16.3 Å². The van der Waals surface area contributed by atoms with Crippen LogP contribution in [-0.2, 0) is 6.54 Å². The highest BCUT2D eigenvalue weighted by Gasteiger charge is 2.43. The van der Waals surface area contributed by atoms with Gasteiger partial charge in [-0.3, -0.25) is 0 Å². The minimum atomic E-state index is -4.48. The normalized spacial score (nSPS) is 22.1. The van der Waals surface area contributed by atoms with Crippen LogP contribution in [0.4, 0.5) is 24.9 Å². The number of ether oxygens (including phenoxy) is 1. The van der Waals surface area contributed by atoms with Crippen LogP contribution >= 0.6 is 11.6 Å². The van der Waals surface area contributed by atoms with Crippen LogP contribution < -0.4 is 15.0 Å². The molecule has 12 heteroatoms. The molecular weight excluding hydrogens is 471 g/mol. The molecule has 5 rings (SSSR count). The van der Waals surface area contributed by atoms with E-state index in [-0.39, 0.29) is 40.6 Å². The molecule has 1 aliphatic heterocycles. The zero-order chi connectivity index (χ0) is 23.9. The third-order valence-electron chi connectivity index (χ3n) is 6.25. The van der Waals surface area contributed by atoms with Gasteiger partial charge in [-0.1, -0.05) is 23.7 Å². The van der Waals surface area contributed by atoms with Crippen molar-refractivity contribution >= 4 is 23.4 Å². The predicted molar refractivity (Wildman–Crippen MR) is 120 cm³/mol. The minimum absolute atomic E-state index is 0.0501. The second kappa shape index (κ2) is 8.94. The number of nitrogens with one attached hydrogen (secondary N) is 1. The van der Waals surface area contributed by atoms with Crippen LogP contribution in [-0.4, -0.2) is 50.0 Å². The summed E-state index contributed by atoms with van der Waals surface area (Å²) in [4.78, 5) is 15.0. The average molecular weight is 494 g/mol. The number of aryl methyl sites for hydroxylation is 1. The van der Waals surface area contributed by atoms with Crippen molar-refractivity contribution in [3.05, 3.63) is 47.4 Å². The summed E-state index contributed by atoms with van der Waals surface area (Å²) >= 11 is 6.11. The summed E-state index contributed by atoms with van der Waals surface area (Å²) in [7, 11) is 0. The fraction of sp³-hybridized carbons (Fsp3) is 0.455. The largest absolute Gasteiger partial charge is 0.423 e. The maximum atomic E-state index is 13.2. The number of piperidine rings is 1. The summed E-state index contributed by atoms with van der Waals surface area (Å²) < 4.78 is 45.8. The van der Waals surface area contributed by atoms with Crippen molar-refractivity contribution in [2.75, 3.05) is 23.3 Å². The average Bonchev–Trinajstić information content (AvgIpc) is 3.23. The van der Waals surface area contributed by atoms with Crippen LogP contribution in [0.15, 0.2) is 36.7 Å². The molecule has 2 fully saturated rings. The molecule has 1 unspecified atom stereocenters. The summed E-state index contributed by atoms with van der Waals surface area (Å²) in [5.74, 6) is 1.79. The molecule has 0 radical (unpaired) electrons. The minimum Gasteiger partial charge on any atom is -0.423 e. The van der Waals surface area contributed by atoms with Gasteiger partial charge in [0.25, 0.3) is 0 Å². The molecule has 180 valence electrons. The van der Waals surface area contributed by atoms with Gasteiger partial charge in [-0.05, 0) is 43.7 Å². The Morgan fingerprint density at radius 2 is 1.88 bits per heavy atom. The van der Waals surface area contributed by atoms with Gasteiger partial charge in [0.1, 0.15) is 24.4 Å². The smallest absolute Gasteiger partial charge is 0.408 e. The van der Waals surface area contributed by atoms with E-state index in [0.29, 0.717) is 4.68 Å². The van der Waals surface area contributed by atoms with E-state index in [1.54, 1.807) is 30.6 Å². The van der Waals surface area contributed by atoms with Crippen LogP contribution in [0, 0.1) is 18.8 Å². The Morgan fingerprint density at radius 3 is 2.56 bits per heavy atom. The van der Waals surface area contributed by atoms with Gasteiger partial charge in [-0.2, -0.15) is 18.2 Å². The second-order valence-corrected chi connectivity index (χ2v) is 9.12. The number of anilines is 2. The Labute approximate surface area is 199 Å². The van der Waals surface area contributed by atoms with E-state index in [9.17, 15) is 13.2 Å². The lowest BCUT2D eigenvalue weighted by Crippen LogP contribution is -2.48. The van der Waals surface area contributed by atoms with E-state index < -0.39 is 12.7 Å². The van der Waals surface area contributed by atoms with Gasteiger partial charge >= 0.3 is 12.2 Å². The van der Waals surface area contributed by atoms with Crippen molar-refractivity contribution in [2.45, 2.75) is 38.5 Å². The molecule has 2 aromatic heterocycles. The van der Waals surface area contributed by atoms with E-state index >= 15 is 0 Å². The lowest BCUT2D eigenvalue weighted by molar-refractivity contribution is -0.143. The molecule has 1 saturated heterocycles. The van der Waals surface area contributed by atoms with Gasteiger partial charge in [-0.25, -0.2) is 14.6 Å². The third kappa shape index (κ3) is 4.89. The fourth-order valence-corrected chi connectivity index (χ4v) is 4.95. The Hall–Kier alpha value is -3.08. The number of rotatable bonds is 6. The maximum absolute atomic E-state index is 13.2. The molecule has 2 bridgehead atoms. The number of aromatic nitrogens is 5. The van der Waals surface area contributed by atoms with E-state index in [0.717, 1.165) is 37.4 Å². The van der Waals surface area contributed by atoms with Gasteiger partial charge in [0.05, 0.1) is 5.02 Å². The van der Waals surface area contributed by atoms with Gasteiger partial charge in [-0.15, -0.1) is 5.10 Å². The molecule has 1 aliphatic carbocycles. The lowest BCUT2D eigenvalue weighted by atomic mass is 9.92. The Balaban J connectivity index is 1.35. The summed E-state index contributed by atoms with van der Waals surface area (Å²) in [5.41, 5.74) is 0.906. The van der Waals surface area contributed by atoms with Gasteiger partial charge < -0.3 is 15.0 Å². The highest BCUT2D eigenvalue weighted by Crippen LogP contribution is 2.40. The molecule has 1 aromatic carbocycles. The standard InChI is InChI=1S/C22H23ClF3N7O/c1-13-8-18(28-12-27-13)32-9-14-6-7-15(10-32)19(14)29-20-30-21(33(31-20)11-22(24,25)26)34-17-5-3-2-4-16(17)23/h2-5,8,12,14-15,19H,6-7,9-11H2,1H3,(H,29,31)/t14-,15+,19?. The Morgan fingerprint density at radius 1 is 1.15 bits per heavy atom. The van der Waals surface area contributed by atoms with Gasteiger partial charge in [0.15, 0.2) is 0 Å². The monoisotopic (exact) mass is 493 g/mol. The summed E-state index contributed by atoms with van der Waals surface area (Å²) in [6.07, 6.45) is -0.900. The molecular formula is C22H23ClF3N7O. The van der Waals surface area contributed by atoms with Crippen molar-refractivity contribution in [1.82, 2.24) is 24.7 Å². The van der Waals surface area contributed by atoms with Crippen LogP contribution in [0.3, 0.4) is 0 Å². The Bertz CT molecular complexity index is 1160. The molecule has 1 saturated carbocycles. The number of para-hydroxylation sites is 1. The van der Waals surface area contributed by atoms with Crippen molar-refractivity contribution in [1.29, 1.82) is 0 Å². The molecule has 0 amide bonds.